The minimum absolute atomic E-state index is 0.0689. The number of halogens is 2. The number of aromatic nitrogens is 2. The Morgan fingerprint density at radius 1 is 1.36 bits per heavy atom. The predicted molar refractivity (Wildman–Crippen MR) is 78.2 cm³/mol. The molecule has 22 heavy (non-hydrogen) atoms. The van der Waals surface area contributed by atoms with E-state index in [0.717, 1.165) is 35.3 Å². The number of rotatable bonds is 5. The van der Waals surface area contributed by atoms with E-state index in [1.807, 2.05) is 10.8 Å². The van der Waals surface area contributed by atoms with Crippen molar-refractivity contribution in [3.05, 3.63) is 41.7 Å². The van der Waals surface area contributed by atoms with Crippen LogP contribution in [0.1, 0.15) is 5.69 Å². The summed E-state index contributed by atoms with van der Waals surface area (Å²) in [6.07, 6.45) is 2.27. The fourth-order valence-electron chi connectivity index (χ4n) is 2.16. The van der Waals surface area contributed by atoms with E-state index in [1.54, 1.807) is 11.8 Å². The molecule has 0 saturated heterocycles. The van der Waals surface area contributed by atoms with Crippen LogP contribution in [-0.2, 0) is 23.0 Å². The van der Waals surface area contributed by atoms with E-state index in [0.29, 0.717) is 12.5 Å². The molecule has 0 spiro atoms. The fraction of sp³-hybridized carbons (Fsp3) is 0.308. The van der Waals surface area contributed by atoms with Crippen LogP contribution in [0.15, 0.2) is 34.4 Å². The van der Waals surface area contributed by atoms with E-state index in [9.17, 15) is 17.2 Å². The highest BCUT2D eigenvalue weighted by Gasteiger charge is 2.20. The monoisotopic (exact) mass is 345 g/mol. The summed E-state index contributed by atoms with van der Waals surface area (Å²) in [5.74, 6) is -0.788. The summed E-state index contributed by atoms with van der Waals surface area (Å²) in [5.41, 5.74) is 0.768. The molecule has 0 radical (unpaired) electrons. The second-order valence-electron chi connectivity index (χ2n) is 4.78. The lowest BCUT2D eigenvalue weighted by Crippen LogP contribution is -2.27. The molecule has 0 unspecified atom stereocenters. The van der Waals surface area contributed by atoms with Gasteiger partial charge in [-0.25, -0.2) is 26.9 Å². The Morgan fingerprint density at radius 3 is 2.95 bits per heavy atom. The molecule has 1 aromatic carbocycles. The lowest BCUT2D eigenvalue weighted by atomic mass is 10.3. The van der Waals surface area contributed by atoms with Crippen LogP contribution in [0.2, 0.25) is 0 Å². The first kappa shape index (κ1) is 15.4. The number of nitrogens with zero attached hydrogens (tertiary/aromatic N) is 2. The molecule has 0 amide bonds. The van der Waals surface area contributed by atoms with Crippen molar-refractivity contribution in [2.75, 3.05) is 12.3 Å². The standard InChI is InChI=1S/C13H13F2N3O2S2/c14-9-1-2-11(15)12(7-9)22(19,20)16-4-3-10-8-18-5-6-21-13(18)17-10/h1-2,7-8,16H,3-6H2. The Labute approximate surface area is 130 Å². The quantitative estimate of drug-likeness (QED) is 0.897. The minimum Gasteiger partial charge on any atom is -0.325 e. The van der Waals surface area contributed by atoms with E-state index < -0.39 is 26.6 Å². The Hall–Kier alpha value is -1.45. The number of nitrogens with one attached hydrogen (secondary N) is 1. The average Bonchev–Trinajstić information content (AvgIpc) is 3.02. The van der Waals surface area contributed by atoms with Crippen molar-refractivity contribution in [3.63, 3.8) is 0 Å². The molecular weight excluding hydrogens is 332 g/mol. The first-order chi connectivity index (χ1) is 10.5. The number of imidazole rings is 1. The van der Waals surface area contributed by atoms with Gasteiger partial charge >= 0.3 is 0 Å². The van der Waals surface area contributed by atoms with Gasteiger partial charge in [0.05, 0.1) is 5.69 Å². The number of thioether (sulfide) groups is 1. The molecule has 1 aliphatic rings. The number of benzene rings is 1. The molecule has 0 fully saturated rings. The molecule has 1 aromatic heterocycles. The van der Waals surface area contributed by atoms with Gasteiger partial charge in [-0.2, -0.15) is 0 Å². The maximum atomic E-state index is 13.5. The van der Waals surface area contributed by atoms with Crippen molar-refractivity contribution in [3.8, 4) is 0 Å². The first-order valence-corrected chi connectivity index (χ1v) is 9.06. The van der Waals surface area contributed by atoms with Gasteiger partial charge in [-0.15, -0.1) is 0 Å². The van der Waals surface area contributed by atoms with Gasteiger partial charge in [0, 0.05) is 31.5 Å². The van der Waals surface area contributed by atoms with Crippen LogP contribution >= 0.6 is 11.8 Å². The van der Waals surface area contributed by atoms with Gasteiger partial charge in [-0.1, -0.05) is 11.8 Å². The summed E-state index contributed by atoms with van der Waals surface area (Å²) in [6.45, 7) is 0.965. The lowest BCUT2D eigenvalue weighted by molar-refractivity contribution is 0.545. The van der Waals surface area contributed by atoms with Gasteiger partial charge in [0.15, 0.2) is 5.16 Å². The van der Waals surface area contributed by atoms with Gasteiger partial charge in [-0.05, 0) is 18.2 Å². The van der Waals surface area contributed by atoms with Gasteiger partial charge in [0.25, 0.3) is 0 Å². The summed E-state index contributed by atoms with van der Waals surface area (Å²) in [6, 6.07) is 2.33. The number of fused-ring (bicyclic) bond motifs is 1. The summed E-state index contributed by atoms with van der Waals surface area (Å²) in [7, 11) is -4.08. The molecule has 118 valence electrons. The zero-order valence-electron chi connectivity index (χ0n) is 11.4. The molecule has 1 N–H and O–H groups in total. The first-order valence-electron chi connectivity index (χ1n) is 6.59. The Kier molecular flexibility index (Phi) is 4.20. The van der Waals surface area contributed by atoms with Crippen LogP contribution in [0.5, 0.6) is 0 Å². The smallest absolute Gasteiger partial charge is 0.243 e. The van der Waals surface area contributed by atoms with Crippen LogP contribution in [0.4, 0.5) is 8.78 Å². The normalized spacial score (nSPS) is 14.3. The minimum atomic E-state index is -4.08. The van der Waals surface area contributed by atoms with Crippen LogP contribution < -0.4 is 4.72 Å². The molecular formula is C13H13F2N3O2S2. The van der Waals surface area contributed by atoms with Crippen molar-refractivity contribution >= 4 is 21.8 Å². The van der Waals surface area contributed by atoms with Crippen LogP contribution in [0.25, 0.3) is 0 Å². The van der Waals surface area contributed by atoms with Crippen LogP contribution in [0, 0.1) is 11.6 Å². The maximum Gasteiger partial charge on any atom is 0.243 e. The maximum absolute atomic E-state index is 13.5. The molecule has 5 nitrogen and oxygen atoms in total. The molecule has 0 atom stereocenters. The predicted octanol–water partition coefficient (Wildman–Crippen LogP) is 1.79. The molecule has 3 rings (SSSR count). The van der Waals surface area contributed by atoms with E-state index in [-0.39, 0.29) is 6.54 Å². The lowest BCUT2D eigenvalue weighted by Gasteiger charge is -2.07. The van der Waals surface area contributed by atoms with E-state index in [1.165, 1.54) is 0 Å². The molecule has 2 heterocycles. The van der Waals surface area contributed by atoms with Gasteiger partial charge in [0.2, 0.25) is 10.0 Å². The molecule has 0 aliphatic carbocycles. The SMILES string of the molecule is O=S(=O)(NCCc1cn2c(n1)SCC2)c1cc(F)ccc1F. The highest BCUT2D eigenvalue weighted by Crippen LogP contribution is 2.24. The second kappa shape index (κ2) is 5.98. The second-order valence-corrected chi connectivity index (χ2v) is 7.58. The fourth-order valence-corrected chi connectivity index (χ4v) is 4.24. The van der Waals surface area contributed by atoms with Crippen molar-refractivity contribution in [1.29, 1.82) is 0 Å². The Bertz CT molecular complexity index is 784. The molecule has 2 aromatic rings. The van der Waals surface area contributed by atoms with Crippen molar-refractivity contribution in [2.24, 2.45) is 0 Å². The highest BCUT2D eigenvalue weighted by atomic mass is 32.2. The van der Waals surface area contributed by atoms with Gasteiger partial charge in [-0.3, -0.25) is 0 Å². The van der Waals surface area contributed by atoms with Gasteiger partial charge in [0.1, 0.15) is 16.5 Å². The zero-order valence-corrected chi connectivity index (χ0v) is 13.1. The third-order valence-electron chi connectivity index (χ3n) is 3.21. The zero-order chi connectivity index (χ0) is 15.7. The topological polar surface area (TPSA) is 64.0 Å². The van der Waals surface area contributed by atoms with Crippen molar-refractivity contribution in [2.45, 2.75) is 23.0 Å². The molecule has 0 bridgehead atoms. The number of sulfonamides is 1. The van der Waals surface area contributed by atoms with E-state index >= 15 is 0 Å². The van der Waals surface area contributed by atoms with E-state index in [4.69, 9.17) is 0 Å². The highest BCUT2D eigenvalue weighted by molar-refractivity contribution is 7.99. The number of aryl methyl sites for hydroxylation is 1. The summed E-state index contributed by atoms with van der Waals surface area (Å²) in [4.78, 5) is 3.69. The van der Waals surface area contributed by atoms with Crippen molar-refractivity contribution in [1.82, 2.24) is 14.3 Å². The molecule has 1 aliphatic heterocycles. The molecule has 0 saturated carbocycles. The third kappa shape index (κ3) is 3.16. The van der Waals surface area contributed by atoms with Crippen LogP contribution in [-0.4, -0.2) is 30.3 Å². The Balaban J connectivity index is 1.65. The van der Waals surface area contributed by atoms with Crippen molar-refractivity contribution < 1.29 is 17.2 Å². The van der Waals surface area contributed by atoms with Gasteiger partial charge < -0.3 is 4.57 Å². The Morgan fingerprint density at radius 2 is 2.18 bits per heavy atom. The summed E-state index contributed by atoms with van der Waals surface area (Å²) >= 11 is 1.65. The van der Waals surface area contributed by atoms with Crippen LogP contribution in [0.3, 0.4) is 0 Å². The largest absolute Gasteiger partial charge is 0.325 e. The molecule has 9 heteroatoms. The van der Waals surface area contributed by atoms with E-state index in [2.05, 4.69) is 9.71 Å². The average molecular weight is 345 g/mol. The summed E-state index contributed by atoms with van der Waals surface area (Å²) < 4.78 is 54.9. The summed E-state index contributed by atoms with van der Waals surface area (Å²) in [5, 5.41) is 0.925. The third-order valence-corrected chi connectivity index (χ3v) is 5.66. The number of hydrogen-bond donors (Lipinski definition) is 1. The number of hydrogen-bond acceptors (Lipinski definition) is 4.